The van der Waals surface area contributed by atoms with E-state index in [1.165, 1.54) is 0 Å². The number of amides is 1. The summed E-state index contributed by atoms with van der Waals surface area (Å²) in [7, 11) is 1.94. The second-order valence-electron chi connectivity index (χ2n) is 5.91. The summed E-state index contributed by atoms with van der Waals surface area (Å²) in [4.78, 5) is 17.6. The average molecular weight is 354 g/mol. The number of primary amides is 1. The molecule has 0 bridgehead atoms. The van der Waals surface area contributed by atoms with Crippen molar-refractivity contribution in [1.29, 1.82) is 0 Å². The van der Waals surface area contributed by atoms with Crippen LogP contribution in [0.4, 0.5) is 0 Å². The fourth-order valence-corrected chi connectivity index (χ4v) is 2.64. The van der Waals surface area contributed by atoms with Crippen LogP contribution in [0.3, 0.4) is 0 Å². The molecule has 0 spiro atoms. The Labute approximate surface area is 151 Å². The molecule has 26 heavy (non-hydrogen) atoms. The van der Waals surface area contributed by atoms with Crippen LogP contribution in [0.2, 0.25) is 0 Å². The quantitative estimate of drug-likeness (QED) is 0.524. The Morgan fingerprint density at radius 3 is 2.69 bits per heavy atom. The van der Waals surface area contributed by atoms with E-state index in [0.717, 1.165) is 23.3 Å². The zero-order valence-corrected chi connectivity index (χ0v) is 14.9. The Kier molecular flexibility index (Phi) is 5.26. The van der Waals surface area contributed by atoms with Crippen LogP contribution in [0.1, 0.15) is 29.0 Å². The van der Waals surface area contributed by atoms with Crippen LogP contribution < -0.4 is 11.1 Å². The zero-order chi connectivity index (χ0) is 18.5. The van der Waals surface area contributed by atoms with Crippen LogP contribution >= 0.6 is 0 Å². The van der Waals surface area contributed by atoms with Crippen molar-refractivity contribution in [3.05, 3.63) is 59.7 Å². The SMILES string of the molecule is CCNC(=NCc1ccc(C(N)=O)o1)N(C)Cc1cc2ccccc2o1. The number of hydrogen-bond acceptors (Lipinski definition) is 4. The highest BCUT2D eigenvalue weighted by Crippen LogP contribution is 2.19. The molecule has 3 rings (SSSR count). The smallest absolute Gasteiger partial charge is 0.284 e. The van der Waals surface area contributed by atoms with Crippen LogP contribution in [-0.4, -0.2) is 30.4 Å². The van der Waals surface area contributed by atoms with Crippen LogP contribution in [0.25, 0.3) is 11.0 Å². The predicted molar refractivity (Wildman–Crippen MR) is 99.7 cm³/mol. The summed E-state index contributed by atoms with van der Waals surface area (Å²) < 4.78 is 11.2. The second-order valence-corrected chi connectivity index (χ2v) is 5.91. The second kappa shape index (κ2) is 7.77. The highest BCUT2D eigenvalue weighted by Gasteiger charge is 2.11. The number of carbonyl (C=O) groups is 1. The fourth-order valence-electron chi connectivity index (χ4n) is 2.64. The van der Waals surface area contributed by atoms with Crippen LogP contribution in [0.5, 0.6) is 0 Å². The molecule has 1 amide bonds. The number of furan rings is 2. The molecule has 0 aliphatic heterocycles. The molecular weight excluding hydrogens is 332 g/mol. The van der Waals surface area contributed by atoms with Gasteiger partial charge >= 0.3 is 0 Å². The van der Waals surface area contributed by atoms with Crippen LogP contribution in [0, 0.1) is 0 Å². The molecule has 3 N–H and O–H groups in total. The Morgan fingerprint density at radius 2 is 2.00 bits per heavy atom. The number of nitrogens with zero attached hydrogens (tertiary/aromatic N) is 2. The number of nitrogens with two attached hydrogens (primary N) is 1. The lowest BCUT2D eigenvalue weighted by Crippen LogP contribution is -2.38. The Bertz CT molecular complexity index is 893. The van der Waals surface area contributed by atoms with E-state index >= 15 is 0 Å². The summed E-state index contributed by atoms with van der Waals surface area (Å²) in [6, 6.07) is 13.2. The summed E-state index contributed by atoms with van der Waals surface area (Å²) in [6.07, 6.45) is 0. The molecule has 2 heterocycles. The van der Waals surface area contributed by atoms with E-state index < -0.39 is 5.91 Å². The van der Waals surface area contributed by atoms with Gasteiger partial charge in [0.1, 0.15) is 23.6 Å². The molecule has 0 unspecified atom stereocenters. The molecular formula is C19H22N4O3. The molecule has 2 aromatic heterocycles. The highest BCUT2D eigenvalue weighted by atomic mass is 16.4. The minimum absolute atomic E-state index is 0.135. The number of aliphatic imine (C=N–C) groups is 1. The normalized spacial score (nSPS) is 11.7. The lowest BCUT2D eigenvalue weighted by Gasteiger charge is -2.20. The van der Waals surface area contributed by atoms with E-state index in [-0.39, 0.29) is 5.76 Å². The maximum absolute atomic E-state index is 11.1. The number of benzene rings is 1. The summed E-state index contributed by atoms with van der Waals surface area (Å²) in [5.74, 6) is 1.69. The van der Waals surface area contributed by atoms with Gasteiger partial charge in [-0.15, -0.1) is 0 Å². The summed E-state index contributed by atoms with van der Waals surface area (Å²) >= 11 is 0. The largest absolute Gasteiger partial charge is 0.459 e. The van der Waals surface area contributed by atoms with Gasteiger partial charge in [-0.25, -0.2) is 4.99 Å². The third-order valence-electron chi connectivity index (χ3n) is 3.86. The van der Waals surface area contributed by atoms with E-state index in [4.69, 9.17) is 14.6 Å². The minimum atomic E-state index is -0.589. The fraction of sp³-hybridized carbons (Fsp3) is 0.263. The number of nitrogens with one attached hydrogen (secondary N) is 1. The lowest BCUT2D eigenvalue weighted by atomic mass is 10.2. The van der Waals surface area contributed by atoms with E-state index in [9.17, 15) is 4.79 Å². The van der Waals surface area contributed by atoms with Gasteiger partial charge in [-0.05, 0) is 31.2 Å². The van der Waals surface area contributed by atoms with Crippen molar-refractivity contribution in [2.24, 2.45) is 10.7 Å². The van der Waals surface area contributed by atoms with Gasteiger partial charge < -0.3 is 24.8 Å². The van der Waals surface area contributed by atoms with E-state index in [1.54, 1.807) is 12.1 Å². The molecule has 0 radical (unpaired) electrons. The van der Waals surface area contributed by atoms with Crippen molar-refractivity contribution in [2.45, 2.75) is 20.0 Å². The zero-order valence-electron chi connectivity index (χ0n) is 14.9. The van der Waals surface area contributed by atoms with Crippen LogP contribution in [0.15, 0.2) is 56.3 Å². The van der Waals surface area contributed by atoms with Crippen molar-refractivity contribution < 1.29 is 13.6 Å². The molecule has 7 nitrogen and oxygen atoms in total. The first-order chi connectivity index (χ1) is 12.6. The lowest BCUT2D eigenvalue weighted by molar-refractivity contribution is 0.0972. The number of para-hydroxylation sites is 1. The Hall–Kier alpha value is -3.22. The predicted octanol–water partition coefficient (Wildman–Crippen LogP) is 2.72. The molecule has 0 atom stereocenters. The Balaban J connectivity index is 1.71. The summed E-state index contributed by atoms with van der Waals surface area (Å²) in [5, 5.41) is 4.31. The molecule has 1 aromatic carbocycles. The first-order valence-corrected chi connectivity index (χ1v) is 8.42. The van der Waals surface area contributed by atoms with Crippen molar-refractivity contribution >= 4 is 22.8 Å². The average Bonchev–Trinajstić information content (AvgIpc) is 3.24. The monoisotopic (exact) mass is 354 g/mol. The van der Waals surface area contributed by atoms with E-state index in [0.29, 0.717) is 24.8 Å². The van der Waals surface area contributed by atoms with E-state index in [1.807, 2.05) is 49.2 Å². The molecule has 0 aliphatic rings. The highest BCUT2D eigenvalue weighted by molar-refractivity contribution is 5.89. The third-order valence-corrected chi connectivity index (χ3v) is 3.86. The van der Waals surface area contributed by atoms with Gasteiger partial charge in [0.05, 0.1) is 6.54 Å². The molecule has 136 valence electrons. The van der Waals surface area contributed by atoms with Crippen molar-refractivity contribution in [3.8, 4) is 0 Å². The molecule has 0 aliphatic carbocycles. The van der Waals surface area contributed by atoms with Crippen molar-refractivity contribution in [3.63, 3.8) is 0 Å². The van der Waals surface area contributed by atoms with Gasteiger partial charge in [-0.3, -0.25) is 4.79 Å². The number of fused-ring (bicyclic) bond motifs is 1. The molecule has 0 fully saturated rings. The maximum atomic E-state index is 11.1. The van der Waals surface area contributed by atoms with Gasteiger partial charge in [0.15, 0.2) is 11.7 Å². The molecule has 0 saturated carbocycles. The number of carbonyl (C=O) groups excluding carboxylic acids is 1. The molecule has 3 aromatic rings. The number of rotatable bonds is 6. The maximum Gasteiger partial charge on any atom is 0.284 e. The summed E-state index contributed by atoms with van der Waals surface area (Å²) in [6.45, 7) is 3.61. The molecule has 7 heteroatoms. The van der Waals surface area contributed by atoms with Crippen LogP contribution in [-0.2, 0) is 13.1 Å². The number of hydrogen-bond donors (Lipinski definition) is 2. The topological polar surface area (TPSA) is 97.0 Å². The third kappa shape index (κ3) is 4.05. The number of guanidine groups is 1. The van der Waals surface area contributed by atoms with Crippen molar-refractivity contribution in [2.75, 3.05) is 13.6 Å². The standard InChI is InChI=1S/C19H22N4O3/c1-3-21-19(22-11-14-8-9-17(25-14)18(20)24)23(2)12-15-10-13-6-4-5-7-16(13)26-15/h4-10H,3,11-12H2,1-2H3,(H2,20,24)(H,21,22). The van der Waals surface area contributed by atoms with Gasteiger partial charge in [0.25, 0.3) is 5.91 Å². The minimum Gasteiger partial charge on any atom is -0.459 e. The first-order valence-electron chi connectivity index (χ1n) is 8.42. The van der Waals surface area contributed by atoms with Gasteiger partial charge in [0, 0.05) is 19.0 Å². The Morgan fingerprint density at radius 1 is 1.19 bits per heavy atom. The van der Waals surface area contributed by atoms with E-state index in [2.05, 4.69) is 10.3 Å². The van der Waals surface area contributed by atoms with Crippen molar-refractivity contribution in [1.82, 2.24) is 10.2 Å². The first kappa shape index (κ1) is 17.6. The summed E-state index contributed by atoms with van der Waals surface area (Å²) in [5.41, 5.74) is 6.07. The van der Waals surface area contributed by atoms with Gasteiger partial charge in [-0.2, -0.15) is 0 Å². The molecule has 0 saturated heterocycles. The van der Waals surface area contributed by atoms with Gasteiger partial charge in [-0.1, -0.05) is 18.2 Å². The van der Waals surface area contributed by atoms with Gasteiger partial charge in [0.2, 0.25) is 0 Å².